The molecular weight excluding hydrogens is 390 g/mol. The van der Waals surface area contributed by atoms with Crippen molar-refractivity contribution in [2.24, 2.45) is 11.8 Å². The molecule has 3 amide bonds. The Hall–Kier alpha value is -1.92. The van der Waals surface area contributed by atoms with Gasteiger partial charge in [-0.05, 0) is 25.0 Å². The number of hydrogen-bond donors (Lipinski definition) is 1. The van der Waals surface area contributed by atoms with Crippen LogP contribution < -0.4 is 4.90 Å². The quantitative estimate of drug-likeness (QED) is 0.729. The van der Waals surface area contributed by atoms with E-state index < -0.39 is 0 Å². The Labute approximate surface area is 176 Å². The molecule has 3 aliphatic rings. The topological polar surface area (TPSA) is 62.1 Å². The summed E-state index contributed by atoms with van der Waals surface area (Å²) in [5.74, 6) is -0.330. The maximum absolute atomic E-state index is 12.6. The van der Waals surface area contributed by atoms with Crippen molar-refractivity contribution in [2.45, 2.75) is 38.6 Å². The number of benzene rings is 1. The highest BCUT2D eigenvalue weighted by molar-refractivity contribution is 6.30. The molecule has 3 fully saturated rings. The second kappa shape index (κ2) is 8.84. The van der Waals surface area contributed by atoms with Crippen LogP contribution in [0.15, 0.2) is 24.3 Å². The van der Waals surface area contributed by atoms with Gasteiger partial charge in [-0.15, -0.1) is 0 Å². The Morgan fingerprint density at radius 1 is 1.07 bits per heavy atom. The lowest BCUT2D eigenvalue weighted by Gasteiger charge is -2.32. The monoisotopic (exact) mass is 418 g/mol. The second-order valence-electron chi connectivity index (χ2n) is 8.51. The van der Waals surface area contributed by atoms with Gasteiger partial charge in [0.15, 0.2) is 0 Å². The molecule has 2 atom stereocenters. The molecule has 0 bridgehead atoms. The van der Waals surface area contributed by atoms with Gasteiger partial charge in [0.1, 0.15) is 6.54 Å². The van der Waals surface area contributed by atoms with Crippen LogP contribution in [-0.4, -0.2) is 60.2 Å². The van der Waals surface area contributed by atoms with E-state index in [1.165, 1.54) is 15.4 Å². The molecule has 1 saturated carbocycles. The number of imide groups is 1. The first-order valence-corrected chi connectivity index (χ1v) is 11.1. The summed E-state index contributed by atoms with van der Waals surface area (Å²) in [6.07, 6.45) is 3.91. The van der Waals surface area contributed by atoms with Crippen LogP contribution in [0.25, 0.3) is 0 Å². The zero-order valence-corrected chi connectivity index (χ0v) is 17.5. The molecular formula is C22H29ClN3O3+. The standard InChI is InChI=1S/C22H28ClN3O3/c23-17-5-3-4-16(14-17)15-24-10-12-25(13-11-24)20(27)8-9-26-21(28)18-6-1-2-7-19(18)22(26)29/h3-5,14,18-19H,1-2,6-13,15H2/p+1/t18-,19-/m1/s1. The molecule has 0 aromatic heterocycles. The van der Waals surface area contributed by atoms with Gasteiger partial charge in [0.05, 0.1) is 38.0 Å². The predicted octanol–water partition coefficient (Wildman–Crippen LogP) is 1.13. The summed E-state index contributed by atoms with van der Waals surface area (Å²) in [4.78, 5) is 42.4. The van der Waals surface area contributed by atoms with Gasteiger partial charge in [0.2, 0.25) is 17.7 Å². The molecule has 2 saturated heterocycles. The van der Waals surface area contributed by atoms with Crippen molar-refractivity contribution in [3.63, 3.8) is 0 Å². The summed E-state index contributed by atoms with van der Waals surface area (Å²) < 4.78 is 0. The molecule has 156 valence electrons. The number of fused-ring (bicyclic) bond motifs is 1. The van der Waals surface area contributed by atoms with E-state index in [9.17, 15) is 14.4 Å². The first-order chi connectivity index (χ1) is 14.0. The van der Waals surface area contributed by atoms with Crippen molar-refractivity contribution in [3.05, 3.63) is 34.9 Å². The normalized spacial score (nSPS) is 25.4. The highest BCUT2D eigenvalue weighted by atomic mass is 35.5. The van der Waals surface area contributed by atoms with Crippen molar-refractivity contribution >= 4 is 29.3 Å². The third-order valence-electron chi connectivity index (χ3n) is 6.65. The van der Waals surface area contributed by atoms with Crippen LogP contribution >= 0.6 is 11.6 Å². The molecule has 1 aromatic rings. The number of carbonyl (C=O) groups excluding carboxylic acids is 3. The first kappa shape index (κ1) is 20.4. The third kappa shape index (κ3) is 4.48. The molecule has 1 N–H and O–H groups in total. The van der Waals surface area contributed by atoms with Gasteiger partial charge in [-0.1, -0.05) is 36.6 Å². The van der Waals surface area contributed by atoms with Crippen molar-refractivity contribution < 1.29 is 19.3 Å². The summed E-state index contributed by atoms with van der Waals surface area (Å²) >= 11 is 6.06. The minimum atomic E-state index is -0.134. The Morgan fingerprint density at radius 2 is 1.72 bits per heavy atom. The van der Waals surface area contributed by atoms with E-state index in [1.54, 1.807) is 0 Å². The molecule has 0 radical (unpaired) electrons. The minimum Gasteiger partial charge on any atom is -0.331 e. The number of piperazine rings is 1. The van der Waals surface area contributed by atoms with Crippen molar-refractivity contribution in [1.29, 1.82) is 0 Å². The van der Waals surface area contributed by atoms with Gasteiger partial charge >= 0.3 is 0 Å². The maximum Gasteiger partial charge on any atom is 0.233 e. The van der Waals surface area contributed by atoms with Crippen LogP contribution in [0.1, 0.15) is 37.7 Å². The molecule has 7 heteroatoms. The van der Waals surface area contributed by atoms with Gasteiger partial charge in [-0.25, -0.2) is 0 Å². The van der Waals surface area contributed by atoms with Crippen LogP contribution in [0.3, 0.4) is 0 Å². The Balaban J connectivity index is 1.24. The number of hydrogen-bond acceptors (Lipinski definition) is 3. The van der Waals surface area contributed by atoms with Crippen molar-refractivity contribution in [1.82, 2.24) is 9.80 Å². The smallest absolute Gasteiger partial charge is 0.233 e. The van der Waals surface area contributed by atoms with Gasteiger partial charge in [-0.2, -0.15) is 0 Å². The fraction of sp³-hybridized carbons (Fsp3) is 0.591. The number of amides is 3. The predicted molar refractivity (Wildman–Crippen MR) is 109 cm³/mol. The van der Waals surface area contributed by atoms with E-state index in [0.717, 1.165) is 50.3 Å². The molecule has 0 unspecified atom stereocenters. The molecule has 6 nitrogen and oxygen atoms in total. The summed E-state index contributed by atoms with van der Waals surface area (Å²) in [5.41, 5.74) is 1.21. The molecule has 1 aromatic carbocycles. The van der Waals surface area contributed by atoms with E-state index >= 15 is 0 Å². The summed E-state index contributed by atoms with van der Waals surface area (Å²) in [6, 6.07) is 7.92. The number of halogens is 1. The third-order valence-corrected chi connectivity index (χ3v) is 6.88. The molecule has 1 aliphatic carbocycles. The molecule has 29 heavy (non-hydrogen) atoms. The van der Waals surface area contributed by atoms with Gasteiger partial charge in [0.25, 0.3) is 0 Å². The van der Waals surface area contributed by atoms with Crippen molar-refractivity contribution in [3.8, 4) is 0 Å². The molecule has 4 rings (SSSR count). The second-order valence-corrected chi connectivity index (χ2v) is 8.95. The molecule has 2 aliphatic heterocycles. The highest BCUT2D eigenvalue weighted by Crippen LogP contribution is 2.37. The van der Waals surface area contributed by atoms with E-state index in [4.69, 9.17) is 11.6 Å². The summed E-state index contributed by atoms with van der Waals surface area (Å²) in [7, 11) is 0. The zero-order valence-electron chi connectivity index (χ0n) is 16.7. The first-order valence-electron chi connectivity index (χ1n) is 10.7. The van der Waals surface area contributed by atoms with E-state index in [2.05, 4.69) is 6.07 Å². The average Bonchev–Trinajstić information content (AvgIpc) is 2.97. The number of nitrogens with zero attached hydrogens (tertiary/aromatic N) is 2. The van der Waals surface area contributed by atoms with E-state index in [1.807, 2.05) is 23.1 Å². The lowest BCUT2D eigenvalue weighted by atomic mass is 9.81. The highest BCUT2D eigenvalue weighted by Gasteiger charge is 2.47. The Kier molecular flexibility index (Phi) is 6.20. The number of quaternary nitrogens is 1. The summed E-state index contributed by atoms with van der Waals surface area (Å²) in [5, 5.41) is 0.751. The Morgan fingerprint density at radius 3 is 2.34 bits per heavy atom. The van der Waals surface area contributed by atoms with E-state index in [0.29, 0.717) is 13.1 Å². The van der Waals surface area contributed by atoms with Gasteiger partial charge in [0, 0.05) is 23.6 Å². The molecule has 2 heterocycles. The molecule has 0 spiro atoms. The minimum absolute atomic E-state index is 0.0438. The zero-order chi connectivity index (χ0) is 20.4. The van der Waals surface area contributed by atoms with E-state index in [-0.39, 0.29) is 42.5 Å². The lowest BCUT2D eigenvalue weighted by Crippen LogP contribution is -3.13. The lowest BCUT2D eigenvalue weighted by molar-refractivity contribution is -0.917. The van der Waals surface area contributed by atoms with Crippen LogP contribution in [0.4, 0.5) is 0 Å². The fourth-order valence-electron chi connectivity index (χ4n) is 5.00. The largest absolute Gasteiger partial charge is 0.331 e. The van der Waals surface area contributed by atoms with Crippen molar-refractivity contribution in [2.75, 3.05) is 32.7 Å². The number of rotatable bonds is 5. The van der Waals surface area contributed by atoms with Gasteiger partial charge < -0.3 is 9.80 Å². The number of nitrogens with one attached hydrogen (secondary N) is 1. The Bertz CT molecular complexity index is 767. The fourth-order valence-corrected chi connectivity index (χ4v) is 5.21. The van der Waals surface area contributed by atoms with Crippen LogP contribution in [-0.2, 0) is 20.9 Å². The van der Waals surface area contributed by atoms with Crippen LogP contribution in [0.2, 0.25) is 5.02 Å². The van der Waals surface area contributed by atoms with Crippen LogP contribution in [0.5, 0.6) is 0 Å². The summed E-state index contributed by atoms with van der Waals surface area (Å²) in [6.45, 7) is 4.35. The van der Waals surface area contributed by atoms with Gasteiger partial charge in [-0.3, -0.25) is 19.3 Å². The number of likely N-dealkylation sites (tertiary alicyclic amines) is 1. The SMILES string of the molecule is O=C(CCN1C(=O)[C@@H]2CCCC[C@H]2C1=O)N1CC[NH+](Cc2cccc(Cl)c2)CC1. The number of carbonyl (C=O) groups is 3. The average molecular weight is 419 g/mol. The van der Waals surface area contributed by atoms with Crippen LogP contribution in [0, 0.1) is 11.8 Å². The maximum atomic E-state index is 12.6.